The molecule has 1 aromatic heterocycles. The Morgan fingerprint density at radius 2 is 2.12 bits per heavy atom. The summed E-state index contributed by atoms with van der Waals surface area (Å²) >= 11 is 0. The fourth-order valence-electron chi connectivity index (χ4n) is 4.97. The molecule has 3 heterocycles. The van der Waals surface area contributed by atoms with Crippen LogP contribution in [0.1, 0.15) is 44.9 Å². The molecule has 4 rings (SSSR count). The van der Waals surface area contributed by atoms with Gasteiger partial charge in [0, 0.05) is 45.1 Å². The van der Waals surface area contributed by atoms with Gasteiger partial charge in [0.2, 0.25) is 0 Å². The molecule has 0 unspecified atom stereocenters. The Morgan fingerprint density at radius 3 is 2.92 bits per heavy atom. The molecule has 138 valence electrons. The van der Waals surface area contributed by atoms with E-state index >= 15 is 0 Å². The minimum absolute atomic E-state index is 0.126. The van der Waals surface area contributed by atoms with E-state index in [0.29, 0.717) is 12.0 Å². The molecule has 2 aliphatic heterocycles. The number of likely N-dealkylation sites (tertiary alicyclic amines) is 1. The second-order valence-corrected chi connectivity index (χ2v) is 7.95. The molecule has 2 atom stereocenters. The number of aromatic nitrogens is 3. The largest absolute Gasteiger partial charge is 0.381 e. The number of rotatable bonds is 3. The van der Waals surface area contributed by atoms with E-state index in [4.69, 9.17) is 4.74 Å². The molecule has 25 heavy (non-hydrogen) atoms. The lowest BCUT2D eigenvalue weighted by Gasteiger charge is -2.40. The van der Waals surface area contributed by atoms with Crippen molar-refractivity contribution in [2.24, 2.45) is 11.3 Å². The first-order valence-electron chi connectivity index (χ1n) is 9.72. The van der Waals surface area contributed by atoms with E-state index in [1.54, 1.807) is 6.20 Å². The molecule has 1 saturated carbocycles. The first-order chi connectivity index (χ1) is 12.3. The number of hydrogen-bond donors (Lipinski definition) is 1. The van der Waals surface area contributed by atoms with Crippen LogP contribution in [0.4, 0.5) is 4.79 Å². The van der Waals surface area contributed by atoms with E-state index < -0.39 is 0 Å². The highest BCUT2D eigenvalue weighted by atomic mass is 16.5. The number of ether oxygens (including phenoxy) is 1. The van der Waals surface area contributed by atoms with Crippen LogP contribution in [0.5, 0.6) is 0 Å². The summed E-state index contributed by atoms with van der Waals surface area (Å²) in [6.07, 6.45) is 11.6. The molecule has 1 spiro atoms. The van der Waals surface area contributed by atoms with Crippen molar-refractivity contribution in [3.05, 3.63) is 12.4 Å². The van der Waals surface area contributed by atoms with Gasteiger partial charge in [0.25, 0.3) is 0 Å². The smallest absolute Gasteiger partial charge is 0.317 e. The Morgan fingerprint density at radius 1 is 1.24 bits per heavy atom. The Kier molecular flexibility index (Phi) is 4.92. The van der Waals surface area contributed by atoms with Crippen LogP contribution in [-0.2, 0) is 11.3 Å². The summed E-state index contributed by atoms with van der Waals surface area (Å²) < 4.78 is 7.43. The number of piperidine rings is 1. The zero-order valence-electron chi connectivity index (χ0n) is 14.9. The maximum Gasteiger partial charge on any atom is 0.317 e. The van der Waals surface area contributed by atoms with Crippen LogP contribution in [0.25, 0.3) is 0 Å². The maximum atomic E-state index is 12.9. The summed E-state index contributed by atoms with van der Waals surface area (Å²) in [5, 5.41) is 11.3. The maximum absolute atomic E-state index is 12.9. The van der Waals surface area contributed by atoms with Gasteiger partial charge in [-0.15, -0.1) is 5.10 Å². The molecule has 1 N–H and O–H groups in total. The number of amides is 2. The van der Waals surface area contributed by atoms with Gasteiger partial charge in [0.15, 0.2) is 0 Å². The summed E-state index contributed by atoms with van der Waals surface area (Å²) in [7, 11) is 0. The number of hydrogen-bond acceptors (Lipinski definition) is 4. The first-order valence-corrected chi connectivity index (χ1v) is 9.72. The number of carbonyl (C=O) groups is 1. The third-order valence-electron chi connectivity index (χ3n) is 6.42. The Bertz CT molecular complexity index is 570. The minimum atomic E-state index is 0.126. The first kappa shape index (κ1) is 16.8. The minimum Gasteiger partial charge on any atom is -0.381 e. The number of carbonyl (C=O) groups excluding carboxylic acids is 1. The quantitative estimate of drug-likeness (QED) is 0.908. The molecular weight excluding hydrogens is 318 g/mol. The molecular formula is C18H29N5O2. The molecule has 0 radical (unpaired) electrons. The van der Waals surface area contributed by atoms with Crippen molar-refractivity contribution in [3.8, 4) is 0 Å². The third kappa shape index (κ3) is 3.66. The van der Waals surface area contributed by atoms with E-state index in [-0.39, 0.29) is 11.4 Å². The van der Waals surface area contributed by atoms with Gasteiger partial charge in [0.05, 0.1) is 6.20 Å². The van der Waals surface area contributed by atoms with E-state index in [9.17, 15) is 4.79 Å². The predicted octanol–water partition coefficient (Wildman–Crippen LogP) is 2.05. The van der Waals surface area contributed by atoms with Crippen molar-refractivity contribution in [1.29, 1.82) is 0 Å². The molecule has 3 aliphatic rings. The lowest BCUT2D eigenvalue weighted by Crippen LogP contribution is -2.53. The molecule has 0 bridgehead atoms. The van der Waals surface area contributed by atoms with Crippen molar-refractivity contribution in [2.45, 2.75) is 57.5 Å². The van der Waals surface area contributed by atoms with E-state index in [1.165, 1.54) is 12.8 Å². The van der Waals surface area contributed by atoms with Crippen molar-refractivity contribution < 1.29 is 9.53 Å². The normalized spacial score (nSPS) is 29.0. The van der Waals surface area contributed by atoms with Crippen LogP contribution in [0, 0.1) is 11.3 Å². The van der Waals surface area contributed by atoms with Crippen molar-refractivity contribution in [1.82, 2.24) is 25.2 Å². The highest BCUT2D eigenvalue weighted by Crippen LogP contribution is 2.46. The van der Waals surface area contributed by atoms with E-state index in [2.05, 4.69) is 15.6 Å². The summed E-state index contributed by atoms with van der Waals surface area (Å²) in [4.78, 5) is 14.9. The van der Waals surface area contributed by atoms with E-state index in [0.717, 1.165) is 65.0 Å². The van der Waals surface area contributed by atoms with Gasteiger partial charge < -0.3 is 15.0 Å². The van der Waals surface area contributed by atoms with Crippen LogP contribution in [0.3, 0.4) is 0 Å². The van der Waals surface area contributed by atoms with Crippen LogP contribution < -0.4 is 5.32 Å². The van der Waals surface area contributed by atoms with Crippen LogP contribution in [-0.4, -0.2) is 58.3 Å². The molecule has 1 aromatic rings. The average Bonchev–Trinajstić information content (AvgIpc) is 3.27. The van der Waals surface area contributed by atoms with Gasteiger partial charge in [-0.3, -0.25) is 4.68 Å². The molecule has 2 saturated heterocycles. The molecule has 0 aromatic carbocycles. The average molecular weight is 347 g/mol. The molecule has 7 heteroatoms. The second-order valence-electron chi connectivity index (χ2n) is 7.95. The fourth-order valence-corrected chi connectivity index (χ4v) is 4.97. The van der Waals surface area contributed by atoms with Gasteiger partial charge in [-0.25, -0.2) is 4.79 Å². The number of nitrogens with zero attached hydrogens (tertiary/aromatic N) is 4. The van der Waals surface area contributed by atoms with Gasteiger partial charge in [-0.2, -0.15) is 0 Å². The van der Waals surface area contributed by atoms with Crippen LogP contribution >= 0.6 is 0 Å². The Balaban J connectivity index is 1.34. The lowest BCUT2D eigenvalue weighted by molar-refractivity contribution is 0.00512. The summed E-state index contributed by atoms with van der Waals surface area (Å²) in [6, 6.07) is 0.445. The molecule has 1 aliphatic carbocycles. The van der Waals surface area contributed by atoms with Gasteiger partial charge >= 0.3 is 6.03 Å². The van der Waals surface area contributed by atoms with Crippen molar-refractivity contribution in [3.63, 3.8) is 0 Å². The molecule has 7 nitrogen and oxygen atoms in total. The topological polar surface area (TPSA) is 72.3 Å². The standard InChI is InChI=1S/C18H29N5O2/c24-17(20-16-4-1-5-18(16)6-11-25-12-7-18)22-9-2-3-15(13-22)14-23-10-8-19-21-23/h8,10,15-16H,1-7,9,11-14H2,(H,20,24)/t15-,16-/m0/s1. The number of nitrogens with one attached hydrogen (secondary N) is 1. The monoisotopic (exact) mass is 347 g/mol. The van der Waals surface area contributed by atoms with Crippen molar-refractivity contribution in [2.75, 3.05) is 26.3 Å². The number of urea groups is 1. The predicted molar refractivity (Wildman–Crippen MR) is 93.0 cm³/mol. The van der Waals surface area contributed by atoms with Gasteiger partial charge in [-0.05, 0) is 49.9 Å². The van der Waals surface area contributed by atoms with Gasteiger partial charge in [0.1, 0.15) is 0 Å². The summed E-state index contributed by atoms with van der Waals surface area (Å²) in [5.74, 6) is 0.460. The SMILES string of the molecule is O=C(N[C@H]1CCCC12CCOCC2)N1CCC[C@H](Cn2ccnn2)C1. The van der Waals surface area contributed by atoms with Crippen molar-refractivity contribution >= 4 is 6.03 Å². The highest BCUT2D eigenvalue weighted by Gasteiger charge is 2.44. The second kappa shape index (κ2) is 7.32. The lowest BCUT2D eigenvalue weighted by atomic mass is 9.75. The molecule has 2 amide bonds. The van der Waals surface area contributed by atoms with Gasteiger partial charge in [-0.1, -0.05) is 11.6 Å². The Hall–Kier alpha value is -1.63. The highest BCUT2D eigenvalue weighted by molar-refractivity contribution is 5.74. The molecule has 3 fully saturated rings. The fraction of sp³-hybridized carbons (Fsp3) is 0.833. The van der Waals surface area contributed by atoms with Crippen LogP contribution in [0.15, 0.2) is 12.4 Å². The summed E-state index contributed by atoms with van der Waals surface area (Å²) in [5.41, 5.74) is 0.282. The third-order valence-corrected chi connectivity index (χ3v) is 6.42. The summed E-state index contributed by atoms with van der Waals surface area (Å²) in [6.45, 7) is 4.21. The van der Waals surface area contributed by atoms with E-state index in [1.807, 2.05) is 15.8 Å². The van der Waals surface area contributed by atoms with Crippen LogP contribution in [0.2, 0.25) is 0 Å². The zero-order valence-corrected chi connectivity index (χ0v) is 14.9. The zero-order chi connectivity index (χ0) is 17.1. The Labute approximate surface area is 149 Å².